The minimum absolute atomic E-state index is 0.0322. The molecule has 5 nitrogen and oxygen atoms in total. The largest absolute Gasteiger partial charge is 0.464 e. The predicted molar refractivity (Wildman–Crippen MR) is 85.5 cm³/mol. The second-order valence-corrected chi connectivity index (χ2v) is 4.55. The van der Waals surface area contributed by atoms with Gasteiger partial charge in [0.2, 0.25) is 0 Å². The molecule has 24 heavy (non-hydrogen) atoms. The van der Waals surface area contributed by atoms with Gasteiger partial charge < -0.3 is 16.2 Å². The highest BCUT2D eigenvalue weighted by atomic mass is 19.4. The molecule has 1 rings (SSSR count). The fourth-order valence-corrected chi connectivity index (χ4v) is 1.71. The highest BCUT2D eigenvalue weighted by Crippen LogP contribution is 2.30. The third-order valence-electron chi connectivity index (χ3n) is 2.94. The molecule has 0 aliphatic rings. The van der Waals surface area contributed by atoms with Gasteiger partial charge in [0.25, 0.3) is 0 Å². The number of allylic oxidation sites excluding steroid dienone is 1. The molecule has 0 aliphatic carbocycles. The van der Waals surface area contributed by atoms with Gasteiger partial charge in [0.05, 0.1) is 18.4 Å². The van der Waals surface area contributed by atoms with Crippen LogP contribution in [0.4, 0.5) is 13.2 Å². The van der Waals surface area contributed by atoms with Crippen molar-refractivity contribution in [2.75, 3.05) is 7.11 Å². The van der Waals surface area contributed by atoms with Crippen LogP contribution in [0.3, 0.4) is 0 Å². The van der Waals surface area contributed by atoms with E-state index in [2.05, 4.69) is 22.9 Å². The number of benzene rings is 1. The number of rotatable bonds is 5. The molecule has 4 N–H and O–H groups in total. The monoisotopic (exact) mass is 339 g/mol. The van der Waals surface area contributed by atoms with Crippen molar-refractivity contribution < 1.29 is 22.7 Å². The van der Waals surface area contributed by atoms with Crippen LogP contribution in [0.25, 0.3) is 5.70 Å². The molecule has 0 spiro atoms. The van der Waals surface area contributed by atoms with Gasteiger partial charge in [-0.3, -0.25) is 0 Å². The molecule has 8 heteroatoms. The van der Waals surface area contributed by atoms with Crippen molar-refractivity contribution in [2.45, 2.75) is 6.18 Å². The zero-order valence-electron chi connectivity index (χ0n) is 12.9. The standard InChI is InChI=1S/C16H16F3N3O2/c1-4-12(14(20)21)13(15(23)24-3)22-9(2)10-5-7-11(8-6-10)16(17,18)19/h4-8H,1-2,20-21H2,3H3/b22-13+. The van der Waals surface area contributed by atoms with Crippen LogP contribution >= 0.6 is 0 Å². The summed E-state index contributed by atoms with van der Waals surface area (Å²) in [5.74, 6) is -1.05. The van der Waals surface area contributed by atoms with Gasteiger partial charge in [0.1, 0.15) is 5.82 Å². The van der Waals surface area contributed by atoms with Crippen LogP contribution in [0.5, 0.6) is 0 Å². The molecule has 0 saturated heterocycles. The Hall–Kier alpha value is -3.03. The summed E-state index contributed by atoms with van der Waals surface area (Å²) in [5.41, 5.74) is 10.2. The molecule has 0 aromatic heterocycles. The van der Waals surface area contributed by atoms with Crippen LogP contribution in [0.15, 0.2) is 59.9 Å². The van der Waals surface area contributed by atoms with E-state index >= 15 is 0 Å². The molecule has 0 atom stereocenters. The number of methoxy groups -OCH3 is 1. The van der Waals surface area contributed by atoms with E-state index in [4.69, 9.17) is 11.5 Å². The van der Waals surface area contributed by atoms with E-state index in [1.165, 1.54) is 18.2 Å². The van der Waals surface area contributed by atoms with Crippen LogP contribution < -0.4 is 11.5 Å². The summed E-state index contributed by atoms with van der Waals surface area (Å²) < 4.78 is 42.3. The maximum absolute atomic E-state index is 12.6. The predicted octanol–water partition coefficient (Wildman–Crippen LogP) is 2.61. The topological polar surface area (TPSA) is 90.7 Å². The lowest BCUT2D eigenvalue weighted by Crippen LogP contribution is -2.23. The Morgan fingerprint density at radius 1 is 1.25 bits per heavy atom. The third kappa shape index (κ3) is 4.48. The lowest BCUT2D eigenvalue weighted by Gasteiger charge is -2.10. The summed E-state index contributed by atoms with van der Waals surface area (Å²) in [7, 11) is 1.13. The molecular weight excluding hydrogens is 323 g/mol. The highest BCUT2D eigenvalue weighted by molar-refractivity contribution is 6.44. The number of hydrogen-bond acceptors (Lipinski definition) is 5. The van der Waals surface area contributed by atoms with Crippen molar-refractivity contribution in [3.63, 3.8) is 0 Å². The van der Waals surface area contributed by atoms with Gasteiger partial charge in [-0.05, 0) is 17.7 Å². The molecule has 0 radical (unpaired) electrons. The molecule has 0 aliphatic heterocycles. The zero-order valence-corrected chi connectivity index (χ0v) is 12.9. The number of carbonyl (C=O) groups is 1. The molecule has 1 aromatic rings. The first kappa shape index (κ1) is 19.0. The molecule has 0 heterocycles. The average molecular weight is 339 g/mol. The van der Waals surface area contributed by atoms with Crippen LogP contribution in [0.2, 0.25) is 0 Å². The van der Waals surface area contributed by atoms with E-state index in [9.17, 15) is 18.0 Å². The Labute approximate surface area is 136 Å². The van der Waals surface area contributed by atoms with E-state index in [0.29, 0.717) is 0 Å². The first-order valence-electron chi connectivity index (χ1n) is 6.53. The molecule has 1 aromatic carbocycles. The number of carbonyl (C=O) groups excluding carboxylic acids is 1. The number of alkyl halides is 3. The SMILES string of the molecule is C=CC(=C(N)N)/C(=N\C(=C)c1ccc(C(F)(F)F)cc1)C(=O)OC. The maximum atomic E-state index is 12.6. The average Bonchev–Trinajstić information content (AvgIpc) is 2.52. The smallest absolute Gasteiger partial charge is 0.416 e. The Balaban J connectivity index is 3.28. The number of nitrogens with two attached hydrogens (primary N) is 2. The lowest BCUT2D eigenvalue weighted by molar-refractivity contribution is -0.137. The van der Waals surface area contributed by atoms with Gasteiger partial charge >= 0.3 is 12.1 Å². The van der Waals surface area contributed by atoms with Gasteiger partial charge in [-0.25, -0.2) is 9.79 Å². The van der Waals surface area contributed by atoms with E-state index in [-0.39, 0.29) is 28.4 Å². The summed E-state index contributed by atoms with van der Waals surface area (Å²) in [6.45, 7) is 7.11. The van der Waals surface area contributed by atoms with E-state index in [0.717, 1.165) is 19.2 Å². The van der Waals surface area contributed by atoms with E-state index in [1.807, 2.05) is 0 Å². The van der Waals surface area contributed by atoms with Crippen molar-refractivity contribution in [3.8, 4) is 0 Å². The summed E-state index contributed by atoms with van der Waals surface area (Å²) in [6.07, 6.45) is -3.24. The van der Waals surface area contributed by atoms with E-state index < -0.39 is 17.7 Å². The number of nitrogens with zero attached hydrogens (tertiary/aromatic N) is 1. The highest BCUT2D eigenvalue weighted by Gasteiger charge is 2.30. The minimum atomic E-state index is -4.45. The Morgan fingerprint density at radius 3 is 2.17 bits per heavy atom. The fourth-order valence-electron chi connectivity index (χ4n) is 1.71. The Morgan fingerprint density at radius 2 is 1.79 bits per heavy atom. The molecule has 128 valence electrons. The van der Waals surface area contributed by atoms with E-state index in [1.54, 1.807) is 0 Å². The van der Waals surface area contributed by atoms with Crippen LogP contribution in [0.1, 0.15) is 11.1 Å². The summed E-state index contributed by atoms with van der Waals surface area (Å²) in [6, 6.07) is 4.14. The first-order chi connectivity index (χ1) is 11.1. The molecule has 0 bridgehead atoms. The second-order valence-electron chi connectivity index (χ2n) is 4.55. The minimum Gasteiger partial charge on any atom is -0.464 e. The van der Waals surface area contributed by atoms with Gasteiger partial charge in [-0.15, -0.1) is 0 Å². The number of hydrogen-bond donors (Lipinski definition) is 2. The lowest BCUT2D eigenvalue weighted by atomic mass is 10.1. The summed E-state index contributed by atoms with van der Waals surface area (Å²) >= 11 is 0. The van der Waals surface area contributed by atoms with Crippen molar-refractivity contribution in [1.82, 2.24) is 0 Å². The normalized spacial score (nSPS) is 11.6. The molecule has 0 saturated carbocycles. The molecular formula is C16H16F3N3O2. The summed E-state index contributed by atoms with van der Waals surface area (Å²) in [5, 5.41) is 0. The summed E-state index contributed by atoms with van der Waals surface area (Å²) in [4.78, 5) is 15.8. The molecule has 0 unspecified atom stereocenters. The second kappa shape index (κ2) is 7.49. The van der Waals surface area contributed by atoms with Gasteiger partial charge in [-0.1, -0.05) is 31.4 Å². The van der Waals surface area contributed by atoms with Gasteiger partial charge in [0, 0.05) is 5.57 Å². The number of halogens is 3. The van der Waals surface area contributed by atoms with Crippen LogP contribution in [-0.4, -0.2) is 18.8 Å². The van der Waals surface area contributed by atoms with Gasteiger partial charge in [0.15, 0.2) is 5.71 Å². The van der Waals surface area contributed by atoms with Gasteiger partial charge in [-0.2, -0.15) is 13.2 Å². The number of ether oxygens (including phenoxy) is 1. The quantitative estimate of drug-likeness (QED) is 0.490. The number of aliphatic imine (C=N–C) groups is 1. The number of esters is 1. The zero-order chi connectivity index (χ0) is 18.5. The molecule has 0 amide bonds. The van der Waals surface area contributed by atoms with Crippen molar-refractivity contribution in [3.05, 3.63) is 66.0 Å². The fraction of sp³-hybridized carbons (Fsp3) is 0.125. The first-order valence-corrected chi connectivity index (χ1v) is 6.53. The Kier molecular flexibility index (Phi) is 5.94. The molecule has 0 fully saturated rings. The third-order valence-corrected chi connectivity index (χ3v) is 2.94. The Bertz CT molecular complexity index is 713. The van der Waals surface area contributed by atoms with Crippen molar-refractivity contribution in [1.29, 1.82) is 0 Å². The van der Waals surface area contributed by atoms with Crippen LogP contribution in [-0.2, 0) is 15.7 Å². The maximum Gasteiger partial charge on any atom is 0.416 e. The van der Waals surface area contributed by atoms with Crippen molar-refractivity contribution in [2.24, 2.45) is 16.5 Å². The van der Waals surface area contributed by atoms with Crippen LogP contribution in [0, 0.1) is 0 Å². The van der Waals surface area contributed by atoms with Crippen molar-refractivity contribution >= 4 is 17.4 Å².